The van der Waals surface area contributed by atoms with Gasteiger partial charge in [0.05, 0.1) is 7.11 Å². The Hall–Kier alpha value is -2.29. The van der Waals surface area contributed by atoms with Crippen molar-refractivity contribution in [1.29, 1.82) is 0 Å². The monoisotopic (exact) mass is 404 g/mol. The van der Waals surface area contributed by atoms with E-state index in [9.17, 15) is 9.90 Å². The van der Waals surface area contributed by atoms with Crippen LogP contribution in [0.5, 0.6) is 11.5 Å². The van der Waals surface area contributed by atoms with E-state index in [1.54, 1.807) is 7.11 Å². The van der Waals surface area contributed by atoms with Gasteiger partial charge in [-0.05, 0) is 103 Å². The second-order valence-corrected chi connectivity index (χ2v) is 9.95. The lowest BCUT2D eigenvalue weighted by atomic mass is 9.54. The van der Waals surface area contributed by atoms with Gasteiger partial charge in [-0.25, -0.2) is 0 Å². The summed E-state index contributed by atoms with van der Waals surface area (Å²) in [6.07, 6.45) is 7.15. The summed E-state index contributed by atoms with van der Waals surface area (Å²) in [5, 5.41) is 9.91. The molecule has 0 radical (unpaired) electrons. The third kappa shape index (κ3) is 3.14. The highest BCUT2D eigenvalue weighted by molar-refractivity contribution is 5.87. The van der Waals surface area contributed by atoms with Crippen LogP contribution in [0.1, 0.15) is 61.6 Å². The molecule has 0 amide bonds. The van der Waals surface area contributed by atoms with Crippen LogP contribution in [0.15, 0.2) is 42.5 Å². The molecular weight excluding hydrogens is 372 g/mol. The van der Waals surface area contributed by atoms with Crippen molar-refractivity contribution in [3.8, 4) is 11.5 Å². The molecule has 3 heteroatoms. The van der Waals surface area contributed by atoms with E-state index >= 15 is 0 Å². The van der Waals surface area contributed by atoms with Gasteiger partial charge >= 0.3 is 0 Å². The molecule has 2 fully saturated rings. The van der Waals surface area contributed by atoms with Gasteiger partial charge in [0.25, 0.3) is 0 Å². The highest BCUT2D eigenvalue weighted by Gasteiger charge is 2.58. The fourth-order valence-electron chi connectivity index (χ4n) is 7.04. The molecule has 3 aliphatic carbocycles. The summed E-state index contributed by atoms with van der Waals surface area (Å²) >= 11 is 0. The zero-order valence-electron chi connectivity index (χ0n) is 18.1. The molecular formula is C27H32O3. The van der Waals surface area contributed by atoms with Gasteiger partial charge in [0, 0.05) is 11.8 Å². The van der Waals surface area contributed by atoms with Gasteiger partial charge in [0.2, 0.25) is 0 Å². The zero-order valence-corrected chi connectivity index (χ0v) is 18.1. The number of fused-ring (bicyclic) bond motifs is 5. The van der Waals surface area contributed by atoms with Crippen molar-refractivity contribution >= 4 is 5.78 Å². The van der Waals surface area contributed by atoms with Gasteiger partial charge in [-0.3, -0.25) is 4.79 Å². The topological polar surface area (TPSA) is 46.5 Å². The number of carbonyl (C=O) groups is 1. The van der Waals surface area contributed by atoms with E-state index in [0.29, 0.717) is 35.2 Å². The summed E-state index contributed by atoms with van der Waals surface area (Å²) in [7, 11) is 1.70. The van der Waals surface area contributed by atoms with Gasteiger partial charge < -0.3 is 9.84 Å². The summed E-state index contributed by atoms with van der Waals surface area (Å²) in [5.74, 6) is 3.88. The lowest BCUT2D eigenvalue weighted by molar-refractivity contribution is -0.129. The Bertz CT molecular complexity index is 947. The molecule has 30 heavy (non-hydrogen) atoms. The van der Waals surface area contributed by atoms with Gasteiger partial charge in [-0.1, -0.05) is 25.1 Å². The molecule has 2 aromatic rings. The quantitative estimate of drug-likeness (QED) is 0.713. The first-order chi connectivity index (χ1) is 14.5. The summed E-state index contributed by atoms with van der Waals surface area (Å²) < 4.78 is 5.28. The van der Waals surface area contributed by atoms with Crippen LogP contribution in [0.25, 0.3) is 0 Å². The number of aromatic hydroxyl groups is 1. The second kappa shape index (κ2) is 7.44. The number of aryl methyl sites for hydroxylation is 2. The van der Waals surface area contributed by atoms with Crippen molar-refractivity contribution in [2.75, 3.05) is 7.11 Å². The lowest BCUT2D eigenvalue weighted by Gasteiger charge is -2.50. The molecule has 3 nitrogen and oxygen atoms in total. The highest BCUT2D eigenvalue weighted by atomic mass is 16.5. The SMILES string of the molecule is COc1ccc(CC[C@@H]2CC(=O)[C@@]3(C)CC[C@@H]4c5ccc(O)cc5CC[C@H]4[C@H]23)cc1. The molecule has 0 bridgehead atoms. The number of rotatable bonds is 4. The minimum atomic E-state index is -0.139. The number of methoxy groups -OCH3 is 1. The third-order valence-electron chi connectivity index (χ3n) is 8.52. The molecule has 0 saturated heterocycles. The van der Waals surface area contributed by atoms with Crippen molar-refractivity contribution in [3.63, 3.8) is 0 Å². The molecule has 1 N–H and O–H groups in total. The van der Waals surface area contributed by atoms with Gasteiger partial charge in [-0.15, -0.1) is 0 Å². The van der Waals surface area contributed by atoms with Crippen LogP contribution < -0.4 is 4.74 Å². The van der Waals surface area contributed by atoms with Crippen molar-refractivity contribution < 1.29 is 14.6 Å². The highest BCUT2D eigenvalue weighted by Crippen LogP contribution is 2.62. The average molecular weight is 405 g/mol. The maximum absolute atomic E-state index is 13.2. The first kappa shape index (κ1) is 19.7. The lowest BCUT2D eigenvalue weighted by Crippen LogP contribution is -2.44. The van der Waals surface area contributed by atoms with Crippen LogP contribution in [0.2, 0.25) is 0 Å². The van der Waals surface area contributed by atoms with Crippen LogP contribution >= 0.6 is 0 Å². The molecule has 158 valence electrons. The molecule has 0 unspecified atom stereocenters. The smallest absolute Gasteiger partial charge is 0.139 e. The largest absolute Gasteiger partial charge is 0.508 e. The Morgan fingerprint density at radius 1 is 1.13 bits per heavy atom. The van der Waals surface area contributed by atoms with Crippen LogP contribution in [0.3, 0.4) is 0 Å². The third-order valence-corrected chi connectivity index (χ3v) is 8.52. The first-order valence-electron chi connectivity index (χ1n) is 11.5. The number of hydrogen-bond acceptors (Lipinski definition) is 3. The molecule has 5 rings (SSSR count). The van der Waals surface area contributed by atoms with Crippen molar-refractivity contribution in [2.24, 2.45) is 23.2 Å². The van der Waals surface area contributed by atoms with E-state index in [1.807, 2.05) is 24.3 Å². The van der Waals surface area contributed by atoms with Crippen LogP contribution in [0, 0.1) is 23.2 Å². The predicted molar refractivity (Wildman–Crippen MR) is 118 cm³/mol. The van der Waals surface area contributed by atoms with E-state index in [-0.39, 0.29) is 5.41 Å². The van der Waals surface area contributed by atoms with Crippen LogP contribution in [0.4, 0.5) is 0 Å². The number of ketones is 1. The van der Waals surface area contributed by atoms with Crippen LogP contribution in [-0.2, 0) is 17.6 Å². The molecule has 0 aromatic heterocycles. The first-order valence-corrected chi connectivity index (χ1v) is 11.5. The Morgan fingerprint density at radius 3 is 2.70 bits per heavy atom. The van der Waals surface area contributed by atoms with E-state index in [2.05, 4.69) is 25.1 Å². The van der Waals surface area contributed by atoms with Crippen molar-refractivity contribution in [3.05, 3.63) is 59.2 Å². The number of Topliss-reactive ketones (excluding diaryl/α,β-unsaturated/α-hetero) is 1. The van der Waals surface area contributed by atoms with Gasteiger partial charge in [-0.2, -0.15) is 0 Å². The molecule has 0 aliphatic heterocycles. The minimum Gasteiger partial charge on any atom is -0.508 e. The van der Waals surface area contributed by atoms with Crippen molar-refractivity contribution in [2.45, 2.75) is 57.8 Å². The Morgan fingerprint density at radius 2 is 1.93 bits per heavy atom. The maximum Gasteiger partial charge on any atom is 0.139 e. The number of phenols is 1. The van der Waals surface area contributed by atoms with E-state index in [0.717, 1.165) is 50.7 Å². The summed E-state index contributed by atoms with van der Waals surface area (Å²) in [6, 6.07) is 14.3. The Labute approximate surface area is 179 Å². The second-order valence-electron chi connectivity index (χ2n) is 9.95. The molecule has 2 saturated carbocycles. The molecule has 0 heterocycles. The van der Waals surface area contributed by atoms with E-state index in [1.165, 1.54) is 16.7 Å². The van der Waals surface area contributed by atoms with Gasteiger partial charge in [0.15, 0.2) is 0 Å². The summed E-state index contributed by atoms with van der Waals surface area (Å²) in [6.45, 7) is 2.26. The number of phenolic OH excluding ortho intramolecular Hbond substituents is 1. The van der Waals surface area contributed by atoms with Gasteiger partial charge in [0.1, 0.15) is 17.3 Å². The molecule has 3 aliphatic rings. The normalized spacial score (nSPS) is 32.3. The Balaban J connectivity index is 1.39. The average Bonchev–Trinajstić information content (AvgIpc) is 3.02. The number of ether oxygens (including phenoxy) is 1. The molecule has 2 aromatic carbocycles. The number of carbonyl (C=O) groups excluding carboxylic acids is 1. The molecule has 0 spiro atoms. The number of hydrogen-bond donors (Lipinski definition) is 1. The zero-order chi connectivity index (χ0) is 20.9. The fourth-order valence-corrected chi connectivity index (χ4v) is 7.04. The fraction of sp³-hybridized carbons (Fsp3) is 0.519. The van der Waals surface area contributed by atoms with Crippen LogP contribution in [-0.4, -0.2) is 18.0 Å². The summed E-state index contributed by atoms with van der Waals surface area (Å²) in [4.78, 5) is 13.2. The van der Waals surface area contributed by atoms with E-state index in [4.69, 9.17) is 4.74 Å². The standard InChI is InChI=1S/C27H32O3/c1-27-14-13-23-22-12-8-20(28)15-18(22)7-11-24(23)26(27)19(16-25(27)29)6-3-17-4-9-21(30-2)10-5-17/h4-5,8-10,12,15,19,23-24,26,28H,3,6-7,11,13-14,16H2,1-2H3/t19-,23-,24-,26+,27-/m1/s1. The Kier molecular flexibility index (Phi) is 4.88. The minimum absolute atomic E-state index is 0.139. The van der Waals surface area contributed by atoms with E-state index < -0.39 is 0 Å². The number of benzene rings is 2. The summed E-state index contributed by atoms with van der Waals surface area (Å²) in [5.41, 5.74) is 3.94. The predicted octanol–water partition coefficient (Wildman–Crippen LogP) is 5.68. The molecule has 5 atom stereocenters. The maximum atomic E-state index is 13.2. The van der Waals surface area contributed by atoms with Crippen molar-refractivity contribution in [1.82, 2.24) is 0 Å².